The summed E-state index contributed by atoms with van der Waals surface area (Å²) in [6.07, 6.45) is 6.82. The second kappa shape index (κ2) is 6.47. The highest BCUT2D eigenvalue weighted by molar-refractivity contribution is 5.66. The molecule has 4 heteroatoms. The van der Waals surface area contributed by atoms with Gasteiger partial charge in [-0.15, -0.1) is 0 Å². The van der Waals surface area contributed by atoms with E-state index in [2.05, 4.69) is 13.0 Å². The van der Waals surface area contributed by atoms with Gasteiger partial charge >= 0.3 is 5.97 Å². The second-order valence-electron chi connectivity index (χ2n) is 8.54. The smallest absolute Gasteiger partial charge is 0.302 e. The minimum atomic E-state index is -0.137. The Morgan fingerprint density at radius 1 is 1.12 bits per heavy atom. The molecule has 0 saturated heterocycles. The predicted octanol–water partition coefficient (Wildman–Crippen LogP) is 4.49. The molecule has 0 unspecified atom stereocenters. The predicted molar refractivity (Wildman–Crippen MR) is 99.7 cm³/mol. The first-order chi connectivity index (χ1) is 12.5. The maximum atomic E-state index is 11.6. The molecular formula is C22H30O4. The third-order valence-electron chi connectivity index (χ3n) is 7.43. The summed E-state index contributed by atoms with van der Waals surface area (Å²) in [5.74, 6) is 3.56. The van der Waals surface area contributed by atoms with Crippen LogP contribution in [-0.4, -0.2) is 26.3 Å². The maximum Gasteiger partial charge on any atom is 0.302 e. The van der Waals surface area contributed by atoms with Gasteiger partial charge in [0.15, 0.2) is 0 Å². The van der Waals surface area contributed by atoms with Crippen LogP contribution in [0.5, 0.6) is 11.5 Å². The number of fused-ring (bicyclic) bond motifs is 5. The number of ether oxygens (including phenoxy) is 3. The minimum Gasteiger partial charge on any atom is -0.497 e. The number of aryl methyl sites for hydroxylation is 1. The van der Waals surface area contributed by atoms with Crippen molar-refractivity contribution in [3.63, 3.8) is 0 Å². The normalized spacial score (nSPS) is 35.1. The van der Waals surface area contributed by atoms with Crippen LogP contribution >= 0.6 is 0 Å². The Balaban J connectivity index is 1.67. The van der Waals surface area contributed by atoms with Gasteiger partial charge < -0.3 is 14.2 Å². The minimum absolute atomic E-state index is 0.0881. The Labute approximate surface area is 156 Å². The van der Waals surface area contributed by atoms with E-state index in [1.807, 2.05) is 6.07 Å². The summed E-state index contributed by atoms with van der Waals surface area (Å²) in [6.45, 7) is 3.90. The van der Waals surface area contributed by atoms with Crippen LogP contribution in [0.3, 0.4) is 0 Å². The average molecular weight is 358 g/mol. The Morgan fingerprint density at radius 3 is 2.62 bits per heavy atom. The molecule has 26 heavy (non-hydrogen) atoms. The van der Waals surface area contributed by atoms with Crippen molar-refractivity contribution in [1.82, 2.24) is 0 Å². The lowest BCUT2D eigenvalue weighted by atomic mass is 9.55. The number of carbonyl (C=O) groups excluding carboxylic acids is 1. The molecule has 3 aliphatic carbocycles. The molecule has 0 aromatic heterocycles. The van der Waals surface area contributed by atoms with E-state index in [1.54, 1.807) is 14.2 Å². The number of hydrogen-bond acceptors (Lipinski definition) is 4. The van der Waals surface area contributed by atoms with Gasteiger partial charge in [-0.2, -0.15) is 0 Å². The first-order valence-corrected chi connectivity index (χ1v) is 9.90. The fraction of sp³-hybridized carbons (Fsp3) is 0.682. The topological polar surface area (TPSA) is 44.8 Å². The van der Waals surface area contributed by atoms with Gasteiger partial charge in [-0.3, -0.25) is 4.79 Å². The van der Waals surface area contributed by atoms with Crippen molar-refractivity contribution in [3.8, 4) is 11.5 Å². The Morgan fingerprint density at radius 2 is 1.92 bits per heavy atom. The van der Waals surface area contributed by atoms with Crippen LogP contribution in [0, 0.1) is 17.3 Å². The van der Waals surface area contributed by atoms with Gasteiger partial charge in [0.2, 0.25) is 0 Å². The standard InChI is InChI=1S/C22H30O4/c1-13(23)26-20-8-7-18-16-6-5-14-11-15(24-3)12-19(25-4)21(14)17(16)9-10-22(18,20)2/h11-12,16-18,20H,5-10H2,1-4H3/t16-,17-,18-,20-,22-/m0/s1. The number of hydrogen-bond donors (Lipinski definition) is 0. The SMILES string of the molecule is COc1cc2c(c(OC)c1)[C@H]1CC[C@]3(C)[C@@H](OC(C)=O)CC[C@H]3[C@H]1CC2. The van der Waals surface area contributed by atoms with E-state index in [4.69, 9.17) is 14.2 Å². The summed E-state index contributed by atoms with van der Waals surface area (Å²) in [6, 6.07) is 4.23. The summed E-state index contributed by atoms with van der Waals surface area (Å²) in [5, 5.41) is 0. The number of rotatable bonds is 3. The first kappa shape index (κ1) is 17.7. The molecule has 4 nitrogen and oxygen atoms in total. The van der Waals surface area contributed by atoms with E-state index < -0.39 is 0 Å². The van der Waals surface area contributed by atoms with E-state index in [0.29, 0.717) is 17.8 Å². The van der Waals surface area contributed by atoms with Crippen molar-refractivity contribution in [2.75, 3.05) is 14.2 Å². The summed E-state index contributed by atoms with van der Waals surface area (Å²) < 4.78 is 17.0. The molecule has 0 radical (unpaired) electrons. The fourth-order valence-corrected chi connectivity index (χ4v) is 6.29. The summed E-state index contributed by atoms with van der Waals surface area (Å²) in [5.41, 5.74) is 2.92. The lowest BCUT2D eigenvalue weighted by Gasteiger charge is -2.50. The van der Waals surface area contributed by atoms with Gasteiger partial charge in [0.05, 0.1) is 14.2 Å². The molecular weight excluding hydrogens is 328 g/mol. The molecule has 2 saturated carbocycles. The van der Waals surface area contributed by atoms with Crippen LogP contribution in [-0.2, 0) is 16.0 Å². The molecule has 142 valence electrons. The van der Waals surface area contributed by atoms with Crippen molar-refractivity contribution in [3.05, 3.63) is 23.3 Å². The average Bonchev–Trinajstić information content (AvgIpc) is 2.96. The van der Waals surface area contributed by atoms with Crippen LogP contribution in [0.1, 0.15) is 63.0 Å². The Hall–Kier alpha value is -1.71. The number of carbonyl (C=O) groups is 1. The molecule has 4 rings (SSSR count). The van der Waals surface area contributed by atoms with E-state index in [9.17, 15) is 4.79 Å². The number of esters is 1. The van der Waals surface area contributed by atoms with Crippen molar-refractivity contribution >= 4 is 5.97 Å². The zero-order valence-corrected chi connectivity index (χ0v) is 16.3. The van der Waals surface area contributed by atoms with Gasteiger partial charge in [-0.1, -0.05) is 6.92 Å². The lowest BCUT2D eigenvalue weighted by Crippen LogP contribution is -2.45. The van der Waals surface area contributed by atoms with Gasteiger partial charge in [0.1, 0.15) is 17.6 Å². The van der Waals surface area contributed by atoms with Crippen molar-refractivity contribution < 1.29 is 19.0 Å². The fourth-order valence-electron chi connectivity index (χ4n) is 6.29. The monoisotopic (exact) mass is 358 g/mol. The van der Waals surface area contributed by atoms with Crippen LogP contribution in [0.25, 0.3) is 0 Å². The van der Waals surface area contributed by atoms with Gasteiger partial charge in [-0.05, 0) is 67.9 Å². The summed E-state index contributed by atoms with van der Waals surface area (Å²) >= 11 is 0. The van der Waals surface area contributed by atoms with Gasteiger partial charge in [0, 0.05) is 24.0 Å². The van der Waals surface area contributed by atoms with Crippen LogP contribution in [0.15, 0.2) is 12.1 Å². The largest absolute Gasteiger partial charge is 0.497 e. The van der Waals surface area contributed by atoms with Crippen molar-refractivity contribution in [1.29, 1.82) is 0 Å². The molecule has 0 heterocycles. The number of benzene rings is 1. The molecule has 2 fully saturated rings. The second-order valence-corrected chi connectivity index (χ2v) is 8.54. The van der Waals surface area contributed by atoms with Crippen LogP contribution in [0.4, 0.5) is 0 Å². The highest BCUT2D eigenvalue weighted by Gasteiger charge is 2.56. The van der Waals surface area contributed by atoms with Crippen LogP contribution < -0.4 is 9.47 Å². The highest BCUT2D eigenvalue weighted by Crippen LogP contribution is 2.62. The van der Waals surface area contributed by atoms with Gasteiger partial charge in [0.25, 0.3) is 0 Å². The zero-order chi connectivity index (χ0) is 18.5. The highest BCUT2D eigenvalue weighted by atomic mass is 16.5. The molecule has 1 aromatic rings. The quantitative estimate of drug-likeness (QED) is 0.747. The third-order valence-corrected chi connectivity index (χ3v) is 7.43. The molecule has 0 N–H and O–H groups in total. The summed E-state index contributed by atoms with van der Waals surface area (Å²) in [4.78, 5) is 11.6. The van der Waals surface area contributed by atoms with Gasteiger partial charge in [-0.25, -0.2) is 0 Å². The Bertz CT molecular complexity index is 695. The molecule has 3 aliphatic rings. The maximum absolute atomic E-state index is 11.6. The van der Waals surface area contributed by atoms with E-state index in [0.717, 1.165) is 37.2 Å². The lowest BCUT2D eigenvalue weighted by molar-refractivity contribution is -0.154. The van der Waals surface area contributed by atoms with Crippen LogP contribution in [0.2, 0.25) is 0 Å². The number of methoxy groups -OCH3 is 2. The van der Waals surface area contributed by atoms with E-state index in [-0.39, 0.29) is 17.5 Å². The Kier molecular flexibility index (Phi) is 4.40. The molecule has 0 amide bonds. The van der Waals surface area contributed by atoms with Crippen molar-refractivity contribution in [2.24, 2.45) is 17.3 Å². The third kappa shape index (κ3) is 2.60. The molecule has 0 aliphatic heterocycles. The first-order valence-electron chi connectivity index (χ1n) is 9.90. The zero-order valence-electron chi connectivity index (χ0n) is 16.3. The van der Waals surface area contributed by atoms with E-state index in [1.165, 1.54) is 30.9 Å². The molecule has 0 spiro atoms. The molecule has 0 bridgehead atoms. The van der Waals surface area contributed by atoms with E-state index >= 15 is 0 Å². The molecule has 1 aromatic carbocycles. The molecule has 5 atom stereocenters. The van der Waals surface area contributed by atoms with Crippen molar-refractivity contribution in [2.45, 2.75) is 64.4 Å². The summed E-state index contributed by atoms with van der Waals surface area (Å²) in [7, 11) is 3.48.